The highest BCUT2D eigenvalue weighted by Gasteiger charge is 2.34. The van der Waals surface area contributed by atoms with Crippen molar-refractivity contribution in [2.24, 2.45) is 5.92 Å². The van der Waals surface area contributed by atoms with Crippen LogP contribution < -0.4 is 4.74 Å². The molecule has 1 unspecified atom stereocenters. The second kappa shape index (κ2) is 10.4. The molecule has 4 rings (SSSR count). The summed E-state index contributed by atoms with van der Waals surface area (Å²) in [5, 5.41) is 2.06. The molecule has 1 aliphatic rings. The number of halogens is 1. The van der Waals surface area contributed by atoms with Crippen molar-refractivity contribution in [3.05, 3.63) is 87.4 Å². The van der Waals surface area contributed by atoms with E-state index in [0.717, 1.165) is 23.3 Å². The van der Waals surface area contributed by atoms with Crippen LogP contribution in [0.5, 0.6) is 5.75 Å². The van der Waals surface area contributed by atoms with Crippen molar-refractivity contribution in [2.75, 3.05) is 26.7 Å². The SMILES string of the molecule is COc1ccc(C2c3ccsc3CCN2C(=O)CN(CC(C)C)C(=O)c2ccccc2F)cc1. The maximum absolute atomic E-state index is 14.4. The van der Waals surface area contributed by atoms with Crippen LogP contribution in [0.15, 0.2) is 60.0 Å². The lowest BCUT2D eigenvalue weighted by Gasteiger charge is -2.38. The van der Waals surface area contributed by atoms with Crippen LogP contribution >= 0.6 is 11.3 Å². The Bertz CT molecular complexity index is 1160. The molecular weight excluding hydrogens is 451 g/mol. The van der Waals surface area contributed by atoms with Gasteiger partial charge in [0, 0.05) is 18.0 Å². The van der Waals surface area contributed by atoms with Crippen LogP contribution in [0.3, 0.4) is 0 Å². The molecule has 3 aromatic rings. The van der Waals surface area contributed by atoms with Gasteiger partial charge in [-0.2, -0.15) is 0 Å². The zero-order valence-electron chi connectivity index (χ0n) is 19.7. The Kier molecular flexibility index (Phi) is 7.32. The monoisotopic (exact) mass is 480 g/mol. The van der Waals surface area contributed by atoms with Crippen LogP contribution in [-0.2, 0) is 11.2 Å². The van der Waals surface area contributed by atoms with E-state index in [0.29, 0.717) is 13.1 Å². The number of nitrogens with zero attached hydrogens (tertiary/aromatic N) is 2. The molecule has 2 amide bonds. The number of ether oxygens (including phenoxy) is 1. The van der Waals surface area contributed by atoms with Crippen molar-refractivity contribution in [3.8, 4) is 5.75 Å². The molecule has 7 heteroatoms. The number of benzene rings is 2. The number of carbonyl (C=O) groups is 2. The van der Waals surface area contributed by atoms with Gasteiger partial charge in [-0.3, -0.25) is 9.59 Å². The summed E-state index contributed by atoms with van der Waals surface area (Å²) in [5.74, 6) is -0.310. The fourth-order valence-electron chi connectivity index (χ4n) is 4.45. The minimum Gasteiger partial charge on any atom is -0.497 e. The van der Waals surface area contributed by atoms with Gasteiger partial charge in [0.25, 0.3) is 5.91 Å². The van der Waals surface area contributed by atoms with Crippen LogP contribution in [-0.4, -0.2) is 48.4 Å². The molecule has 0 aliphatic carbocycles. The van der Waals surface area contributed by atoms with Crippen molar-refractivity contribution in [3.63, 3.8) is 0 Å². The molecule has 0 N–H and O–H groups in total. The minimum atomic E-state index is -0.578. The van der Waals surface area contributed by atoms with Crippen LogP contribution in [0.4, 0.5) is 4.39 Å². The molecule has 0 spiro atoms. The average molecular weight is 481 g/mol. The molecule has 0 fully saturated rings. The van der Waals surface area contributed by atoms with Gasteiger partial charge in [-0.15, -0.1) is 11.3 Å². The smallest absolute Gasteiger partial charge is 0.257 e. The van der Waals surface area contributed by atoms with E-state index in [9.17, 15) is 14.0 Å². The van der Waals surface area contributed by atoms with Crippen LogP contribution in [0.1, 0.15) is 46.3 Å². The first kappa shape index (κ1) is 24.0. The van der Waals surface area contributed by atoms with E-state index in [1.54, 1.807) is 30.6 Å². The average Bonchev–Trinajstić information content (AvgIpc) is 3.31. The topological polar surface area (TPSA) is 49.9 Å². The summed E-state index contributed by atoms with van der Waals surface area (Å²) in [4.78, 5) is 31.5. The second-order valence-corrected chi connectivity index (χ2v) is 9.87. The third-order valence-corrected chi connectivity index (χ3v) is 7.02. The molecule has 0 saturated heterocycles. The first-order valence-corrected chi connectivity index (χ1v) is 12.3. The Labute approximate surface area is 203 Å². The molecule has 1 aromatic heterocycles. The van der Waals surface area contributed by atoms with Crippen LogP contribution in [0.25, 0.3) is 0 Å². The molecule has 1 aliphatic heterocycles. The van der Waals surface area contributed by atoms with E-state index >= 15 is 0 Å². The molecule has 34 heavy (non-hydrogen) atoms. The van der Waals surface area contributed by atoms with E-state index in [2.05, 4.69) is 11.4 Å². The Morgan fingerprint density at radius 1 is 1.15 bits per heavy atom. The summed E-state index contributed by atoms with van der Waals surface area (Å²) in [7, 11) is 1.62. The normalized spacial score (nSPS) is 15.2. The van der Waals surface area contributed by atoms with Crippen LogP contribution in [0, 0.1) is 11.7 Å². The molecule has 0 saturated carbocycles. The number of hydrogen-bond acceptors (Lipinski definition) is 4. The number of rotatable bonds is 7. The highest BCUT2D eigenvalue weighted by Crippen LogP contribution is 2.38. The van der Waals surface area contributed by atoms with E-state index < -0.39 is 11.7 Å². The summed E-state index contributed by atoms with van der Waals surface area (Å²) in [6.07, 6.45) is 0.775. The highest BCUT2D eigenvalue weighted by atomic mass is 32.1. The maximum atomic E-state index is 14.4. The summed E-state index contributed by atoms with van der Waals surface area (Å²) >= 11 is 1.70. The zero-order valence-corrected chi connectivity index (χ0v) is 20.5. The van der Waals surface area contributed by atoms with Gasteiger partial charge in [-0.25, -0.2) is 4.39 Å². The van der Waals surface area contributed by atoms with Gasteiger partial charge in [0.15, 0.2) is 0 Å². The summed E-state index contributed by atoms with van der Waals surface area (Å²) in [5.41, 5.74) is 2.09. The summed E-state index contributed by atoms with van der Waals surface area (Å²) < 4.78 is 19.7. The molecule has 1 atom stereocenters. The Morgan fingerprint density at radius 2 is 1.88 bits per heavy atom. The zero-order chi connectivity index (χ0) is 24.2. The van der Waals surface area contributed by atoms with E-state index in [1.807, 2.05) is 43.0 Å². The minimum absolute atomic E-state index is 0.0126. The van der Waals surface area contributed by atoms with Gasteiger partial charge >= 0.3 is 0 Å². The van der Waals surface area contributed by atoms with Gasteiger partial charge in [-0.1, -0.05) is 38.1 Å². The van der Waals surface area contributed by atoms with Crippen molar-refractivity contribution in [2.45, 2.75) is 26.3 Å². The molecule has 0 radical (unpaired) electrons. The summed E-state index contributed by atoms with van der Waals surface area (Å²) in [6.45, 7) is 4.78. The number of amides is 2. The fraction of sp³-hybridized carbons (Fsp3) is 0.333. The predicted octanol–water partition coefficient (Wildman–Crippen LogP) is 5.17. The molecule has 178 valence electrons. The van der Waals surface area contributed by atoms with Crippen molar-refractivity contribution < 1.29 is 18.7 Å². The van der Waals surface area contributed by atoms with Gasteiger partial charge < -0.3 is 14.5 Å². The highest BCUT2D eigenvalue weighted by molar-refractivity contribution is 7.10. The number of thiophene rings is 1. The van der Waals surface area contributed by atoms with Gasteiger partial charge in [0.05, 0.1) is 18.7 Å². The molecular formula is C27H29FN2O3S. The Morgan fingerprint density at radius 3 is 2.56 bits per heavy atom. The van der Waals surface area contributed by atoms with E-state index in [1.165, 1.54) is 21.9 Å². The number of carbonyl (C=O) groups excluding carboxylic acids is 2. The standard InChI is InChI=1S/C27H29FN2O3S/c1-18(2)16-29(27(32)21-6-4-5-7-23(21)28)17-25(31)30-14-12-24-22(13-15-34-24)26(30)19-8-10-20(33-3)11-9-19/h4-11,13,15,18,26H,12,14,16-17H2,1-3H3. The van der Waals surface area contributed by atoms with Gasteiger partial charge in [-0.05, 0) is 59.2 Å². The lowest BCUT2D eigenvalue weighted by Crippen LogP contribution is -2.47. The lowest BCUT2D eigenvalue weighted by atomic mass is 9.93. The summed E-state index contributed by atoms with van der Waals surface area (Å²) in [6, 6.07) is 15.5. The van der Waals surface area contributed by atoms with Crippen molar-refractivity contribution in [1.29, 1.82) is 0 Å². The quantitative estimate of drug-likeness (QED) is 0.469. The third kappa shape index (κ3) is 4.99. The Balaban J connectivity index is 1.63. The fourth-order valence-corrected chi connectivity index (χ4v) is 5.35. The van der Waals surface area contributed by atoms with E-state index in [4.69, 9.17) is 4.74 Å². The number of methoxy groups -OCH3 is 1. The second-order valence-electron chi connectivity index (χ2n) is 8.87. The largest absolute Gasteiger partial charge is 0.497 e. The molecule has 2 aromatic carbocycles. The van der Waals surface area contributed by atoms with Crippen molar-refractivity contribution >= 4 is 23.2 Å². The first-order chi connectivity index (χ1) is 16.4. The third-order valence-electron chi connectivity index (χ3n) is 6.02. The lowest BCUT2D eigenvalue weighted by molar-refractivity contribution is -0.134. The predicted molar refractivity (Wildman–Crippen MR) is 132 cm³/mol. The van der Waals surface area contributed by atoms with Gasteiger partial charge in [0.1, 0.15) is 18.1 Å². The molecule has 5 nitrogen and oxygen atoms in total. The van der Waals surface area contributed by atoms with Gasteiger partial charge in [0.2, 0.25) is 5.91 Å². The molecule has 2 heterocycles. The van der Waals surface area contributed by atoms with Crippen molar-refractivity contribution in [1.82, 2.24) is 9.80 Å². The number of hydrogen-bond donors (Lipinski definition) is 0. The Hall–Kier alpha value is -3.19. The first-order valence-electron chi connectivity index (χ1n) is 11.4. The number of fused-ring (bicyclic) bond motifs is 1. The van der Waals surface area contributed by atoms with Crippen LogP contribution in [0.2, 0.25) is 0 Å². The molecule has 0 bridgehead atoms. The maximum Gasteiger partial charge on any atom is 0.257 e. The van der Waals surface area contributed by atoms with E-state index in [-0.39, 0.29) is 30.0 Å².